The summed E-state index contributed by atoms with van der Waals surface area (Å²) in [6.45, 7) is 5.63. The molecule has 0 aliphatic carbocycles. The van der Waals surface area contributed by atoms with Gasteiger partial charge in [0.2, 0.25) is 5.91 Å². The first-order chi connectivity index (χ1) is 13.7. The number of amides is 1. The maximum Gasteiger partial charge on any atom is 0.243 e. The van der Waals surface area contributed by atoms with E-state index in [0.717, 1.165) is 35.9 Å². The lowest BCUT2D eigenvalue weighted by Crippen LogP contribution is -2.22. The van der Waals surface area contributed by atoms with Crippen molar-refractivity contribution in [1.82, 2.24) is 0 Å². The van der Waals surface area contributed by atoms with E-state index < -0.39 is 0 Å². The van der Waals surface area contributed by atoms with E-state index in [2.05, 4.69) is 17.6 Å². The van der Waals surface area contributed by atoms with Gasteiger partial charge < -0.3 is 20.1 Å². The molecule has 1 amide bonds. The van der Waals surface area contributed by atoms with Crippen LogP contribution in [0.2, 0.25) is 0 Å². The van der Waals surface area contributed by atoms with Crippen LogP contribution in [0.5, 0.6) is 11.5 Å². The second-order valence-corrected chi connectivity index (χ2v) is 6.62. The molecule has 0 spiro atoms. The van der Waals surface area contributed by atoms with Gasteiger partial charge in [0.25, 0.3) is 0 Å². The Bertz CT molecular complexity index is 701. The number of carbonyl (C=O) groups is 1. The molecule has 5 heteroatoms. The SMILES string of the molecule is CCCCCCCOc1ccc(NC(=O)CNc2ccccc2OCC)cc1. The van der Waals surface area contributed by atoms with Crippen LogP contribution in [-0.4, -0.2) is 25.7 Å². The second kappa shape index (κ2) is 12.7. The highest BCUT2D eigenvalue weighted by Gasteiger charge is 2.06. The van der Waals surface area contributed by atoms with Crippen LogP contribution in [0.25, 0.3) is 0 Å². The molecule has 0 aliphatic rings. The molecule has 0 radical (unpaired) electrons. The summed E-state index contributed by atoms with van der Waals surface area (Å²) in [5.41, 5.74) is 1.56. The molecule has 152 valence electrons. The number of para-hydroxylation sites is 2. The average Bonchev–Trinajstić information content (AvgIpc) is 2.71. The standard InChI is InChI=1S/C23H32N2O3/c1-3-5-6-7-10-17-28-20-15-13-19(14-16-20)25-23(26)18-24-21-11-8-9-12-22(21)27-4-2/h8-9,11-16,24H,3-7,10,17-18H2,1-2H3,(H,25,26). The summed E-state index contributed by atoms with van der Waals surface area (Å²) < 4.78 is 11.3. The first-order valence-electron chi connectivity index (χ1n) is 10.2. The van der Waals surface area contributed by atoms with Gasteiger partial charge in [0.15, 0.2) is 0 Å². The van der Waals surface area contributed by atoms with Gasteiger partial charge in [-0.05, 0) is 49.7 Å². The first kappa shape index (κ1) is 21.6. The van der Waals surface area contributed by atoms with Crippen molar-refractivity contribution in [3.05, 3.63) is 48.5 Å². The van der Waals surface area contributed by atoms with Crippen LogP contribution in [0.15, 0.2) is 48.5 Å². The van der Waals surface area contributed by atoms with Gasteiger partial charge in [-0.15, -0.1) is 0 Å². The number of nitrogens with one attached hydrogen (secondary N) is 2. The molecule has 0 heterocycles. The highest BCUT2D eigenvalue weighted by atomic mass is 16.5. The van der Waals surface area contributed by atoms with Gasteiger partial charge in [-0.2, -0.15) is 0 Å². The van der Waals surface area contributed by atoms with Gasteiger partial charge in [0.1, 0.15) is 11.5 Å². The molecule has 2 aromatic carbocycles. The van der Waals surface area contributed by atoms with Crippen molar-refractivity contribution in [2.75, 3.05) is 30.4 Å². The second-order valence-electron chi connectivity index (χ2n) is 6.62. The summed E-state index contributed by atoms with van der Waals surface area (Å²) in [4.78, 5) is 12.2. The van der Waals surface area contributed by atoms with E-state index in [4.69, 9.17) is 9.47 Å². The fraction of sp³-hybridized carbons (Fsp3) is 0.435. The van der Waals surface area contributed by atoms with Crippen LogP contribution in [0.1, 0.15) is 46.0 Å². The molecule has 0 aliphatic heterocycles. The lowest BCUT2D eigenvalue weighted by Gasteiger charge is -2.12. The minimum Gasteiger partial charge on any atom is -0.494 e. The zero-order valence-corrected chi connectivity index (χ0v) is 17.0. The predicted molar refractivity (Wildman–Crippen MR) is 115 cm³/mol. The normalized spacial score (nSPS) is 10.4. The Balaban J connectivity index is 1.72. The lowest BCUT2D eigenvalue weighted by molar-refractivity contribution is -0.114. The Labute approximate surface area is 168 Å². The zero-order chi connectivity index (χ0) is 20.0. The van der Waals surface area contributed by atoms with Crippen molar-refractivity contribution in [3.8, 4) is 11.5 Å². The zero-order valence-electron chi connectivity index (χ0n) is 17.0. The van der Waals surface area contributed by atoms with Crippen LogP contribution in [-0.2, 0) is 4.79 Å². The monoisotopic (exact) mass is 384 g/mol. The van der Waals surface area contributed by atoms with Crippen molar-refractivity contribution in [1.29, 1.82) is 0 Å². The molecule has 2 rings (SSSR count). The molecule has 0 bridgehead atoms. The molecular formula is C23H32N2O3. The molecule has 0 atom stereocenters. The number of rotatable bonds is 13. The molecule has 0 saturated heterocycles. The number of carbonyl (C=O) groups excluding carboxylic acids is 1. The third kappa shape index (κ3) is 7.91. The minimum atomic E-state index is -0.115. The number of benzene rings is 2. The number of ether oxygens (including phenoxy) is 2. The van der Waals surface area contributed by atoms with Crippen molar-refractivity contribution in [2.45, 2.75) is 46.0 Å². The topological polar surface area (TPSA) is 59.6 Å². The van der Waals surface area contributed by atoms with Gasteiger partial charge in [-0.1, -0.05) is 44.7 Å². The average molecular weight is 385 g/mol. The number of hydrogen-bond acceptors (Lipinski definition) is 4. The summed E-state index contributed by atoms with van der Waals surface area (Å²) in [7, 11) is 0. The minimum absolute atomic E-state index is 0.115. The van der Waals surface area contributed by atoms with Crippen LogP contribution < -0.4 is 20.1 Å². The molecule has 0 fully saturated rings. The lowest BCUT2D eigenvalue weighted by atomic mass is 10.2. The molecule has 0 unspecified atom stereocenters. The van der Waals surface area contributed by atoms with E-state index in [-0.39, 0.29) is 12.5 Å². The van der Waals surface area contributed by atoms with Crippen LogP contribution >= 0.6 is 0 Å². The van der Waals surface area contributed by atoms with Gasteiger partial charge in [0.05, 0.1) is 25.4 Å². The summed E-state index contributed by atoms with van der Waals surface area (Å²) >= 11 is 0. The third-order valence-electron chi connectivity index (χ3n) is 4.28. The maximum atomic E-state index is 12.2. The molecule has 0 saturated carbocycles. The Kier molecular flexibility index (Phi) is 9.76. The molecule has 5 nitrogen and oxygen atoms in total. The van der Waals surface area contributed by atoms with Gasteiger partial charge in [-0.3, -0.25) is 4.79 Å². The van der Waals surface area contributed by atoms with E-state index in [1.54, 1.807) is 0 Å². The van der Waals surface area contributed by atoms with E-state index >= 15 is 0 Å². The van der Waals surface area contributed by atoms with E-state index in [1.807, 2.05) is 55.5 Å². The molecule has 28 heavy (non-hydrogen) atoms. The van der Waals surface area contributed by atoms with Crippen LogP contribution in [0, 0.1) is 0 Å². The Morgan fingerprint density at radius 3 is 2.39 bits per heavy atom. The van der Waals surface area contributed by atoms with E-state index in [0.29, 0.717) is 6.61 Å². The van der Waals surface area contributed by atoms with Gasteiger partial charge in [-0.25, -0.2) is 0 Å². The Morgan fingerprint density at radius 2 is 1.64 bits per heavy atom. The number of anilines is 2. The number of hydrogen-bond donors (Lipinski definition) is 2. The highest BCUT2D eigenvalue weighted by Crippen LogP contribution is 2.23. The molecule has 0 aromatic heterocycles. The van der Waals surface area contributed by atoms with Gasteiger partial charge in [0, 0.05) is 5.69 Å². The van der Waals surface area contributed by atoms with Crippen molar-refractivity contribution >= 4 is 17.3 Å². The fourth-order valence-electron chi connectivity index (χ4n) is 2.80. The summed E-state index contributed by atoms with van der Waals surface area (Å²) in [5, 5.41) is 6.00. The third-order valence-corrected chi connectivity index (χ3v) is 4.28. The van der Waals surface area contributed by atoms with Gasteiger partial charge >= 0.3 is 0 Å². The fourth-order valence-corrected chi connectivity index (χ4v) is 2.80. The summed E-state index contributed by atoms with van der Waals surface area (Å²) in [6.07, 6.45) is 6.10. The largest absolute Gasteiger partial charge is 0.494 e. The van der Waals surface area contributed by atoms with E-state index in [9.17, 15) is 4.79 Å². The molecular weight excluding hydrogens is 352 g/mol. The summed E-state index contributed by atoms with van der Waals surface area (Å²) in [5.74, 6) is 1.46. The first-order valence-corrected chi connectivity index (χ1v) is 10.2. The van der Waals surface area contributed by atoms with Crippen LogP contribution in [0.4, 0.5) is 11.4 Å². The predicted octanol–water partition coefficient (Wildman–Crippen LogP) is 5.49. The highest BCUT2D eigenvalue weighted by molar-refractivity contribution is 5.94. The Hall–Kier alpha value is -2.69. The smallest absolute Gasteiger partial charge is 0.243 e. The summed E-state index contributed by atoms with van der Waals surface area (Å²) in [6, 6.07) is 15.1. The van der Waals surface area contributed by atoms with Crippen molar-refractivity contribution < 1.29 is 14.3 Å². The number of unbranched alkanes of at least 4 members (excludes halogenated alkanes) is 4. The molecule has 2 N–H and O–H groups in total. The van der Waals surface area contributed by atoms with Crippen molar-refractivity contribution in [3.63, 3.8) is 0 Å². The maximum absolute atomic E-state index is 12.2. The van der Waals surface area contributed by atoms with Crippen molar-refractivity contribution in [2.24, 2.45) is 0 Å². The quantitative estimate of drug-likeness (QED) is 0.449. The molecule has 2 aromatic rings. The van der Waals surface area contributed by atoms with Crippen LogP contribution in [0.3, 0.4) is 0 Å². The van der Waals surface area contributed by atoms with E-state index in [1.165, 1.54) is 25.7 Å². The Morgan fingerprint density at radius 1 is 0.893 bits per heavy atom.